The first-order valence-electron chi connectivity index (χ1n) is 4.91. The summed E-state index contributed by atoms with van der Waals surface area (Å²) in [6, 6.07) is 0. The van der Waals surface area contributed by atoms with E-state index in [0.29, 0.717) is 6.42 Å². The normalized spacial score (nSPS) is 12.6. The van der Waals surface area contributed by atoms with Gasteiger partial charge in [-0.1, -0.05) is 6.92 Å². The molecule has 6 heteroatoms. The first-order chi connectivity index (χ1) is 6.69. The van der Waals surface area contributed by atoms with Gasteiger partial charge in [-0.3, -0.25) is 9.36 Å². The Bertz CT molecular complexity index is 255. The SMILES string of the molecule is CCC(C)(C)C(=O)OCCCP(=O)(O)O. The summed E-state index contributed by atoms with van der Waals surface area (Å²) < 4.78 is 15.4. The molecule has 0 radical (unpaired) electrons. The number of esters is 1. The van der Waals surface area contributed by atoms with Crippen molar-refractivity contribution in [3.05, 3.63) is 0 Å². The van der Waals surface area contributed by atoms with Crippen LogP contribution in [-0.2, 0) is 14.1 Å². The van der Waals surface area contributed by atoms with Crippen molar-refractivity contribution in [2.75, 3.05) is 12.8 Å². The zero-order valence-electron chi connectivity index (χ0n) is 9.39. The van der Waals surface area contributed by atoms with Gasteiger partial charge in [0.25, 0.3) is 0 Å². The Labute approximate surface area is 90.0 Å². The lowest BCUT2D eigenvalue weighted by Gasteiger charge is -2.20. The Morgan fingerprint density at radius 3 is 2.33 bits per heavy atom. The second-order valence-corrected chi connectivity index (χ2v) is 5.89. The molecule has 0 saturated heterocycles. The predicted molar refractivity (Wildman–Crippen MR) is 56.6 cm³/mol. The van der Waals surface area contributed by atoms with E-state index < -0.39 is 13.0 Å². The Hall–Kier alpha value is -0.380. The van der Waals surface area contributed by atoms with Crippen molar-refractivity contribution in [3.8, 4) is 0 Å². The summed E-state index contributed by atoms with van der Waals surface area (Å²) in [5, 5.41) is 0. The van der Waals surface area contributed by atoms with Crippen LogP contribution in [0.15, 0.2) is 0 Å². The largest absolute Gasteiger partial charge is 0.465 e. The molecule has 0 aliphatic carbocycles. The molecule has 0 rings (SSSR count). The first-order valence-corrected chi connectivity index (χ1v) is 6.70. The molecule has 0 atom stereocenters. The summed E-state index contributed by atoms with van der Waals surface area (Å²) in [6.07, 6.45) is 0.618. The lowest BCUT2D eigenvalue weighted by Crippen LogP contribution is -2.26. The van der Waals surface area contributed by atoms with E-state index in [4.69, 9.17) is 14.5 Å². The average molecular weight is 238 g/mol. The zero-order valence-corrected chi connectivity index (χ0v) is 10.3. The molecule has 0 saturated carbocycles. The molecule has 0 fully saturated rings. The van der Waals surface area contributed by atoms with Gasteiger partial charge in [0.1, 0.15) is 0 Å². The first kappa shape index (κ1) is 14.6. The van der Waals surface area contributed by atoms with Crippen LogP contribution in [0.4, 0.5) is 0 Å². The van der Waals surface area contributed by atoms with E-state index in [0.717, 1.165) is 0 Å². The van der Waals surface area contributed by atoms with Crippen LogP contribution in [0.2, 0.25) is 0 Å². The molecule has 5 nitrogen and oxygen atoms in total. The lowest BCUT2D eigenvalue weighted by molar-refractivity contribution is -0.154. The molecule has 0 aliphatic rings. The summed E-state index contributed by atoms with van der Waals surface area (Å²) in [4.78, 5) is 28.5. The fourth-order valence-corrected chi connectivity index (χ4v) is 1.32. The molecule has 2 N–H and O–H groups in total. The fourth-order valence-electron chi connectivity index (χ4n) is 0.775. The van der Waals surface area contributed by atoms with Gasteiger partial charge in [0.15, 0.2) is 0 Å². The van der Waals surface area contributed by atoms with Crippen LogP contribution in [0, 0.1) is 5.41 Å². The average Bonchev–Trinajstić information content (AvgIpc) is 2.10. The number of carbonyl (C=O) groups is 1. The van der Waals surface area contributed by atoms with Crippen molar-refractivity contribution in [1.29, 1.82) is 0 Å². The number of hydrogen-bond donors (Lipinski definition) is 2. The molecular formula is C9H19O5P. The van der Waals surface area contributed by atoms with Crippen LogP contribution in [0.3, 0.4) is 0 Å². The van der Waals surface area contributed by atoms with Crippen molar-refractivity contribution >= 4 is 13.6 Å². The van der Waals surface area contributed by atoms with Gasteiger partial charge in [-0.25, -0.2) is 0 Å². The van der Waals surface area contributed by atoms with Gasteiger partial charge in [-0.2, -0.15) is 0 Å². The zero-order chi connectivity index (χ0) is 12.1. The van der Waals surface area contributed by atoms with Crippen LogP contribution in [0.1, 0.15) is 33.6 Å². The Kier molecular flexibility index (Phi) is 5.49. The molecule has 0 aromatic heterocycles. The fraction of sp³-hybridized carbons (Fsp3) is 0.889. The smallest absolute Gasteiger partial charge is 0.325 e. The van der Waals surface area contributed by atoms with Crippen LogP contribution >= 0.6 is 7.60 Å². The molecule has 0 aromatic rings. The summed E-state index contributed by atoms with van der Waals surface area (Å²) >= 11 is 0. The number of rotatable bonds is 6. The van der Waals surface area contributed by atoms with Crippen molar-refractivity contribution in [1.82, 2.24) is 0 Å². The quantitative estimate of drug-likeness (QED) is 0.416. The number of carbonyl (C=O) groups excluding carboxylic acids is 1. The van der Waals surface area contributed by atoms with E-state index in [9.17, 15) is 9.36 Å². The molecule has 90 valence electrons. The molecule has 0 bridgehead atoms. The van der Waals surface area contributed by atoms with E-state index in [1.165, 1.54) is 0 Å². The molecule has 0 unspecified atom stereocenters. The Morgan fingerprint density at radius 2 is 1.93 bits per heavy atom. The second-order valence-electron chi connectivity index (χ2n) is 4.12. The molecular weight excluding hydrogens is 219 g/mol. The standard InChI is InChI=1S/C9H19O5P/c1-4-9(2,3)8(10)14-6-5-7-15(11,12)13/h4-7H2,1-3H3,(H2,11,12,13). The summed E-state index contributed by atoms with van der Waals surface area (Å²) in [5.41, 5.74) is -0.526. The van der Waals surface area contributed by atoms with E-state index >= 15 is 0 Å². The highest BCUT2D eigenvalue weighted by Gasteiger charge is 2.26. The molecule has 15 heavy (non-hydrogen) atoms. The molecule has 0 heterocycles. The highest BCUT2D eigenvalue weighted by Crippen LogP contribution is 2.34. The van der Waals surface area contributed by atoms with Crippen LogP contribution < -0.4 is 0 Å². The van der Waals surface area contributed by atoms with Crippen LogP contribution in [-0.4, -0.2) is 28.5 Å². The third-order valence-electron chi connectivity index (χ3n) is 2.26. The highest BCUT2D eigenvalue weighted by atomic mass is 31.2. The van der Waals surface area contributed by atoms with Gasteiger partial charge in [0, 0.05) is 0 Å². The van der Waals surface area contributed by atoms with E-state index in [2.05, 4.69) is 0 Å². The van der Waals surface area contributed by atoms with E-state index in [1.807, 2.05) is 6.92 Å². The van der Waals surface area contributed by atoms with E-state index in [1.54, 1.807) is 13.8 Å². The number of ether oxygens (including phenoxy) is 1. The predicted octanol–water partition coefficient (Wildman–Crippen LogP) is 1.53. The maximum Gasteiger partial charge on any atom is 0.325 e. The van der Waals surface area contributed by atoms with Crippen molar-refractivity contribution in [3.63, 3.8) is 0 Å². The van der Waals surface area contributed by atoms with Gasteiger partial charge in [0.05, 0.1) is 18.2 Å². The highest BCUT2D eigenvalue weighted by molar-refractivity contribution is 7.51. The third kappa shape index (κ3) is 6.66. The lowest BCUT2D eigenvalue weighted by atomic mass is 9.91. The molecule has 0 aromatic carbocycles. The van der Waals surface area contributed by atoms with Gasteiger partial charge in [-0.05, 0) is 26.7 Å². The molecule has 0 spiro atoms. The summed E-state index contributed by atoms with van der Waals surface area (Å²) in [5.74, 6) is -0.323. The number of hydrogen-bond acceptors (Lipinski definition) is 3. The van der Waals surface area contributed by atoms with Gasteiger partial charge in [0.2, 0.25) is 0 Å². The minimum absolute atomic E-state index is 0.0629. The molecule has 0 amide bonds. The minimum Gasteiger partial charge on any atom is -0.465 e. The minimum atomic E-state index is -3.96. The Balaban J connectivity index is 3.79. The monoisotopic (exact) mass is 238 g/mol. The van der Waals surface area contributed by atoms with Gasteiger partial charge >= 0.3 is 13.6 Å². The third-order valence-corrected chi connectivity index (χ3v) is 3.16. The van der Waals surface area contributed by atoms with Gasteiger partial charge in [-0.15, -0.1) is 0 Å². The topological polar surface area (TPSA) is 83.8 Å². The van der Waals surface area contributed by atoms with Crippen molar-refractivity contribution in [2.45, 2.75) is 33.6 Å². The van der Waals surface area contributed by atoms with Crippen LogP contribution in [0.5, 0.6) is 0 Å². The maximum absolute atomic E-state index is 11.4. The Morgan fingerprint density at radius 1 is 1.40 bits per heavy atom. The summed E-state index contributed by atoms with van der Waals surface area (Å²) in [7, 11) is -3.96. The second kappa shape index (κ2) is 5.64. The van der Waals surface area contributed by atoms with Crippen molar-refractivity contribution in [2.24, 2.45) is 5.41 Å². The summed E-state index contributed by atoms with van der Waals surface area (Å²) in [6.45, 7) is 5.50. The van der Waals surface area contributed by atoms with Crippen molar-refractivity contribution < 1.29 is 23.9 Å². The maximum atomic E-state index is 11.4. The van der Waals surface area contributed by atoms with Crippen LogP contribution in [0.25, 0.3) is 0 Å². The van der Waals surface area contributed by atoms with Gasteiger partial charge < -0.3 is 14.5 Å². The molecule has 0 aliphatic heterocycles. The van der Waals surface area contributed by atoms with E-state index in [-0.39, 0.29) is 25.2 Å².